The molecular formula is C12H14BrNOS2. The lowest BCUT2D eigenvalue weighted by atomic mass is 10.1. The van der Waals surface area contributed by atoms with Crippen molar-refractivity contribution in [3.8, 4) is 5.75 Å². The van der Waals surface area contributed by atoms with Crippen LogP contribution in [0.1, 0.15) is 15.8 Å². The van der Waals surface area contributed by atoms with Crippen LogP contribution in [0, 0.1) is 0 Å². The Morgan fingerprint density at radius 2 is 2.12 bits per heavy atom. The lowest BCUT2D eigenvalue weighted by Crippen LogP contribution is -2.18. The molecule has 0 aliphatic rings. The van der Waals surface area contributed by atoms with Crippen LogP contribution in [-0.2, 0) is 6.42 Å². The minimum atomic E-state index is 0.305. The molecule has 92 valence electrons. The Balaban J connectivity index is 2.20. The van der Waals surface area contributed by atoms with Gasteiger partial charge in [-0.2, -0.15) is 0 Å². The molecule has 5 heteroatoms. The number of likely N-dealkylation sites (N-methyl/N-ethyl adjacent to an activating group) is 1. The maximum Gasteiger partial charge on any atom is 0.134 e. The molecule has 17 heavy (non-hydrogen) atoms. The van der Waals surface area contributed by atoms with Crippen molar-refractivity contribution in [1.82, 2.24) is 5.32 Å². The van der Waals surface area contributed by atoms with Gasteiger partial charge in [0.25, 0.3) is 0 Å². The van der Waals surface area contributed by atoms with Crippen molar-refractivity contribution in [2.45, 2.75) is 12.5 Å². The Kier molecular flexibility index (Phi) is 4.62. The highest BCUT2D eigenvalue weighted by molar-refractivity contribution is 9.10. The second kappa shape index (κ2) is 6.00. The summed E-state index contributed by atoms with van der Waals surface area (Å²) >= 11 is 7.09. The predicted octanol–water partition coefficient (Wildman–Crippen LogP) is 4.08. The SMILES string of the molecule is CNC(Cc1sccc1Br)c1sccc1OC. The number of methoxy groups -OCH3 is 1. The lowest BCUT2D eigenvalue weighted by Gasteiger charge is -2.15. The number of rotatable bonds is 5. The first-order valence-corrected chi connectivity index (χ1v) is 7.82. The van der Waals surface area contributed by atoms with Gasteiger partial charge >= 0.3 is 0 Å². The van der Waals surface area contributed by atoms with Crippen LogP contribution in [-0.4, -0.2) is 14.2 Å². The van der Waals surface area contributed by atoms with Gasteiger partial charge in [0.2, 0.25) is 0 Å². The minimum Gasteiger partial charge on any atom is -0.496 e. The molecule has 0 radical (unpaired) electrons. The van der Waals surface area contributed by atoms with Gasteiger partial charge in [-0.3, -0.25) is 0 Å². The van der Waals surface area contributed by atoms with Gasteiger partial charge in [-0.1, -0.05) is 0 Å². The summed E-state index contributed by atoms with van der Waals surface area (Å²) < 4.78 is 6.57. The summed E-state index contributed by atoms with van der Waals surface area (Å²) in [5, 5.41) is 7.54. The van der Waals surface area contributed by atoms with Gasteiger partial charge in [0, 0.05) is 21.8 Å². The van der Waals surface area contributed by atoms with Gasteiger partial charge < -0.3 is 10.1 Å². The second-order valence-corrected chi connectivity index (χ2v) is 6.39. The van der Waals surface area contributed by atoms with Crippen molar-refractivity contribution in [3.05, 3.63) is 37.1 Å². The van der Waals surface area contributed by atoms with Crippen LogP contribution < -0.4 is 10.1 Å². The summed E-state index contributed by atoms with van der Waals surface area (Å²) in [7, 11) is 3.71. The van der Waals surface area contributed by atoms with Crippen molar-refractivity contribution in [1.29, 1.82) is 0 Å². The maximum absolute atomic E-state index is 5.38. The number of nitrogens with one attached hydrogen (secondary N) is 1. The molecule has 2 heterocycles. The van der Waals surface area contributed by atoms with Crippen LogP contribution in [0.3, 0.4) is 0 Å². The first-order valence-electron chi connectivity index (χ1n) is 5.26. The Morgan fingerprint density at radius 3 is 2.71 bits per heavy atom. The zero-order valence-electron chi connectivity index (χ0n) is 9.70. The summed E-state index contributed by atoms with van der Waals surface area (Å²) in [4.78, 5) is 2.62. The van der Waals surface area contributed by atoms with E-state index in [9.17, 15) is 0 Å². The first kappa shape index (κ1) is 13.1. The van der Waals surface area contributed by atoms with E-state index in [1.54, 1.807) is 29.8 Å². The highest BCUT2D eigenvalue weighted by atomic mass is 79.9. The summed E-state index contributed by atoms with van der Waals surface area (Å²) in [5.74, 6) is 0.974. The molecule has 2 rings (SSSR count). The molecule has 0 fully saturated rings. The summed E-state index contributed by atoms with van der Waals surface area (Å²) in [6.07, 6.45) is 0.978. The van der Waals surface area contributed by atoms with E-state index < -0.39 is 0 Å². The van der Waals surface area contributed by atoms with Crippen LogP contribution >= 0.6 is 38.6 Å². The molecule has 0 aliphatic carbocycles. The average molecular weight is 332 g/mol. The van der Waals surface area contributed by atoms with E-state index in [1.165, 1.54) is 14.2 Å². The number of hydrogen-bond donors (Lipinski definition) is 1. The predicted molar refractivity (Wildman–Crippen MR) is 78.4 cm³/mol. The molecule has 0 saturated carbocycles. The fraction of sp³-hybridized carbons (Fsp3) is 0.333. The number of ether oxygens (including phenoxy) is 1. The number of thiophene rings is 2. The normalized spacial score (nSPS) is 12.6. The van der Waals surface area contributed by atoms with E-state index in [-0.39, 0.29) is 0 Å². The molecule has 0 aliphatic heterocycles. The molecule has 0 saturated heterocycles. The van der Waals surface area contributed by atoms with Gasteiger partial charge in [0.1, 0.15) is 5.75 Å². The quantitative estimate of drug-likeness (QED) is 0.891. The molecule has 2 nitrogen and oxygen atoms in total. The van der Waals surface area contributed by atoms with Crippen LogP contribution in [0.15, 0.2) is 27.4 Å². The van der Waals surface area contributed by atoms with E-state index in [2.05, 4.69) is 38.1 Å². The minimum absolute atomic E-state index is 0.305. The molecule has 1 N–H and O–H groups in total. The van der Waals surface area contributed by atoms with Crippen molar-refractivity contribution in [2.75, 3.05) is 14.2 Å². The smallest absolute Gasteiger partial charge is 0.134 e. The molecule has 1 atom stereocenters. The fourth-order valence-corrected chi connectivity index (χ4v) is 4.25. The molecule has 2 aromatic rings. The van der Waals surface area contributed by atoms with Gasteiger partial charge in [0.15, 0.2) is 0 Å². The van der Waals surface area contributed by atoms with Crippen molar-refractivity contribution >= 4 is 38.6 Å². The zero-order valence-corrected chi connectivity index (χ0v) is 12.9. The summed E-state index contributed by atoms with van der Waals surface area (Å²) in [6.45, 7) is 0. The van der Waals surface area contributed by atoms with Crippen molar-refractivity contribution < 1.29 is 4.74 Å². The highest BCUT2D eigenvalue weighted by Gasteiger charge is 2.18. The second-order valence-electron chi connectivity index (χ2n) is 3.59. The number of hydrogen-bond acceptors (Lipinski definition) is 4. The first-order chi connectivity index (χ1) is 8.26. The van der Waals surface area contributed by atoms with Crippen LogP contribution in [0.2, 0.25) is 0 Å². The standard InChI is InChI=1S/C12H14BrNOS2/c1-14-9(7-11-8(13)3-5-16-11)12-10(15-2)4-6-17-12/h3-6,9,14H,7H2,1-2H3. The number of halogens is 1. The Labute approximate surface area is 118 Å². The lowest BCUT2D eigenvalue weighted by molar-refractivity contribution is 0.405. The molecule has 1 unspecified atom stereocenters. The van der Waals surface area contributed by atoms with Crippen LogP contribution in [0.4, 0.5) is 0 Å². The molecule has 0 amide bonds. The summed E-state index contributed by atoms with van der Waals surface area (Å²) in [6, 6.07) is 4.42. The zero-order chi connectivity index (χ0) is 12.3. The van der Waals surface area contributed by atoms with E-state index in [4.69, 9.17) is 4.74 Å². The van der Waals surface area contributed by atoms with Crippen molar-refractivity contribution in [3.63, 3.8) is 0 Å². The fourth-order valence-electron chi connectivity index (χ4n) is 1.71. The molecule has 2 aromatic heterocycles. The molecule has 0 aromatic carbocycles. The van der Waals surface area contributed by atoms with Gasteiger partial charge in [-0.05, 0) is 45.9 Å². The highest BCUT2D eigenvalue weighted by Crippen LogP contribution is 2.35. The monoisotopic (exact) mass is 331 g/mol. The Hall–Kier alpha value is -0.360. The van der Waals surface area contributed by atoms with Crippen LogP contribution in [0.5, 0.6) is 5.75 Å². The molecule has 0 spiro atoms. The third-order valence-corrected chi connectivity index (χ3v) is 5.58. The molecular weight excluding hydrogens is 318 g/mol. The van der Waals surface area contributed by atoms with Gasteiger partial charge in [0.05, 0.1) is 12.0 Å². The largest absolute Gasteiger partial charge is 0.496 e. The maximum atomic E-state index is 5.38. The van der Waals surface area contributed by atoms with Gasteiger partial charge in [-0.15, -0.1) is 22.7 Å². The van der Waals surface area contributed by atoms with Crippen molar-refractivity contribution in [2.24, 2.45) is 0 Å². The third-order valence-electron chi connectivity index (χ3n) is 2.62. The summed E-state index contributed by atoms with van der Waals surface area (Å²) in [5.41, 5.74) is 0. The van der Waals surface area contributed by atoms with E-state index in [1.807, 2.05) is 13.1 Å². The third kappa shape index (κ3) is 2.91. The Morgan fingerprint density at radius 1 is 1.35 bits per heavy atom. The van der Waals surface area contributed by atoms with E-state index in [0.29, 0.717) is 6.04 Å². The van der Waals surface area contributed by atoms with Crippen LogP contribution in [0.25, 0.3) is 0 Å². The topological polar surface area (TPSA) is 21.3 Å². The van der Waals surface area contributed by atoms with Gasteiger partial charge in [-0.25, -0.2) is 0 Å². The molecule has 0 bridgehead atoms. The Bertz CT molecular complexity index is 480. The van der Waals surface area contributed by atoms with E-state index >= 15 is 0 Å². The van der Waals surface area contributed by atoms with E-state index in [0.717, 1.165) is 12.2 Å². The average Bonchev–Trinajstić information content (AvgIpc) is 2.95.